The number of sulfone groups is 1. The van der Waals surface area contributed by atoms with E-state index in [-0.39, 0.29) is 30.3 Å². The van der Waals surface area contributed by atoms with Crippen LogP contribution in [0.2, 0.25) is 10.0 Å². The second-order valence-corrected chi connectivity index (χ2v) is 10.3. The molecule has 0 saturated carbocycles. The fourth-order valence-corrected chi connectivity index (χ4v) is 5.76. The molecule has 1 aromatic heterocycles. The average Bonchev–Trinajstić information content (AvgIpc) is 2.95. The van der Waals surface area contributed by atoms with Crippen LogP contribution in [0.25, 0.3) is 10.2 Å². The van der Waals surface area contributed by atoms with Crippen LogP contribution in [0, 0.1) is 0 Å². The standard InChI is InChI=1S/C19H18Cl2N2O3S2/c1-23-18-15(10-9-14(20)17(18)21)27-19(23)22-16(24)8-5-11-28(25,26)12-13-6-3-2-4-7-13/h2-4,6-7,9-10H,5,8,11-12H2,1H3. The van der Waals surface area contributed by atoms with Gasteiger partial charge < -0.3 is 4.57 Å². The number of aromatic nitrogens is 1. The van der Waals surface area contributed by atoms with Crippen LogP contribution in [-0.2, 0) is 27.4 Å². The Labute approximate surface area is 177 Å². The molecule has 3 rings (SSSR count). The normalized spacial score (nSPS) is 12.6. The SMILES string of the molecule is Cn1c(=NC(=O)CCCS(=O)(=O)Cc2ccccc2)sc2ccc(Cl)c(Cl)c21. The lowest BCUT2D eigenvalue weighted by atomic mass is 10.2. The number of carbonyl (C=O) groups is 1. The number of carbonyl (C=O) groups excluding carboxylic acids is 1. The van der Waals surface area contributed by atoms with Crippen molar-refractivity contribution in [1.29, 1.82) is 0 Å². The molecule has 5 nitrogen and oxygen atoms in total. The first-order valence-electron chi connectivity index (χ1n) is 8.52. The van der Waals surface area contributed by atoms with E-state index in [1.54, 1.807) is 41.9 Å². The second kappa shape index (κ2) is 8.78. The van der Waals surface area contributed by atoms with Gasteiger partial charge in [-0.05, 0) is 24.1 Å². The Morgan fingerprint density at radius 2 is 1.86 bits per heavy atom. The zero-order valence-corrected chi connectivity index (χ0v) is 18.2. The highest BCUT2D eigenvalue weighted by Crippen LogP contribution is 2.31. The minimum atomic E-state index is -3.27. The van der Waals surface area contributed by atoms with Crippen LogP contribution < -0.4 is 4.80 Å². The molecule has 0 atom stereocenters. The minimum Gasteiger partial charge on any atom is -0.318 e. The van der Waals surface area contributed by atoms with Crippen molar-refractivity contribution in [2.24, 2.45) is 12.0 Å². The summed E-state index contributed by atoms with van der Waals surface area (Å²) in [6.07, 6.45) is 0.301. The third-order valence-corrected chi connectivity index (χ3v) is 7.73. The van der Waals surface area contributed by atoms with E-state index in [0.29, 0.717) is 14.8 Å². The maximum Gasteiger partial charge on any atom is 0.248 e. The van der Waals surface area contributed by atoms with Gasteiger partial charge in [0.05, 0.1) is 31.8 Å². The number of thiazole rings is 1. The molecule has 0 aliphatic rings. The topological polar surface area (TPSA) is 68.5 Å². The zero-order chi connectivity index (χ0) is 20.3. The first kappa shape index (κ1) is 21.0. The summed E-state index contributed by atoms with van der Waals surface area (Å²) >= 11 is 13.6. The molecule has 1 heterocycles. The van der Waals surface area contributed by atoms with Gasteiger partial charge in [0.25, 0.3) is 0 Å². The fourth-order valence-electron chi connectivity index (χ4n) is 2.78. The average molecular weight is 457 g/mol. The molecule has 0 fully saturated rings. The molecule has 9 heteroatoms. The van der Waals surface area contributed by atoms with E-state index in [9.17, 15) is 13.2 Å². The Bertz CT molecular complexity index is 1180. The van der Waals surface area contributed by atoms with Crippen LogP contribution in [0.5, 0.6) is 0 Å². The van der Waals surface area contributed by atoms with Gasteiger partial charge in [0.15, 0.2) is 14.6 Å². The van der Waals surface area contributed by atoms with Crippen LogP contribution in [-0.4, -0.2) is 24.6 Å². The summed E-state index contributed by atoms with van der Waals surface area (Å²) in [7, 11) is -1.51. The first-order chi connectivity index (χ1) is 13.3. The van der Waals surface area contributed by atoms with Crippen molar-refractivity contribution in [2.45, 2.75) is 18.6 Å². The number of amides is 1. The van der Waals surface area contributed by atoms with Crippen molar-refractivity contribution in [3.05, 3.63) is 62.9 Å². The van der Waals surface area contributed by atoms with Gasteiger partial charge in [-0.25, -0.2) is 8.42 Å². The lowest BCUT2D eigenvalue weighted by Crippen LogP contribution is -2.14. The van der Waals surface area contributed by atoms with Crippen molar-refractivity contribution in [1.82, 2.24) is 4.57 Å². The van der Waals surface area contributed by atoms with E-state index >= 15 is 0 Å². The van der Waals surface area contributed by atoms with E-state index in [0.717, 1.165) is 15.8 Å². The van der Waals surface area contributed by atoms with E-state index in [2.05, 4.69) is 4.99 Å². The first-order valence-corrected chi connectivity index (χ1v) is 11.9. The molecule has 0 saturated heterocycles. The molecule has 148 valence electrons. The number of fused-ring (bicyclic) bond motifs is 1. The van der Waals surface area contributed by atoms with Gasteiger partial charge in [-0.3, -0.25) is 4.79 Å². The van der Waals surface area contributed by atoms with Crippen molar-refractivity contribution in [3.8, 4) is 0 Å². The molecule has 1 amide bonds. The monoisotopic (exact) mass is 456 g/mol. The third-order valence-electron chi connectivity index (χ3n) is 4.15. The highest BCUT2D eigenvalue weighted by Gasteiger charge is 2.14. The van der Waals surface area contributed by atoms with Gasteiger partial charge >= 0.3 is 0 Å². The molecule has 0 aliphatic heterocycles. The van der Waals surface area contributed by atoms with Crippen LogP contribution in [0.3, 0.4) is 0 Å². The summed E-state index contributed by atoms with van der Waals surface area (Å²) in [5, 5.41) is 0.850. The fraction of sp³-hybridized carbons (Fsp3) is 0.263. The number of rotatable bonds is 6. The molecule has 0 spiro atoms. The minimum absolute atomic E-state index is 0.0241. The molecule has 0 aliphatic carbocycles. The Balaban J connectivity index is 1.67. The molecule has 0 radical (unpaired) electrons. The van der Waals surface area contributed by atoms with E-state index in [4.69, 9.17) is 23.2 Å². The Morgan fingerprint density at radius 3 is 2.57 bits per heavy atom. The number of benzene rings is 2. The highest BCUT2D eigenvalue weighted by atomic mass is 35.5. The molecule has 0 bridgehead atoms. The highest BCUT2D eigenvalue weighted by molar-refractivity contribution is 7.90. The zero-order valence-electron chi connectivity index (χ0n) is 15.1. The molecule has 0 N–H and O–H groups in total. The number of halogens is 2. The molecule has 3 aromatic rings. The van der Waals surface area contributed by atoms with Crippen molar-refractivity contribution in [3.63, 3.8) is 0 Å². The van der Waals surface area contributed by atoms with Crippen LogP contribution in [0.15, 0.2) is 47.5 Å². The summed E-state index contributed by atoms with van der Waals surface area (Å²) in [6, 6.07) is 12.5. The Morgan fingerprint density at radius 1 is 1.14 bits per heavy atom. The summed E-state index contributed by atoms with van der Waals surface area (Å²) < 4.78 is 27.0. The van der Waals surface area contributed by atoms with Gasteiger partial charge in [-0.1, -0.05) is 64.9 Å². The second-order valence-electron chi connectivity index (χ2n) is 6.34. The van der Waals surface area contributed by atoms with Gasteiger partial charge in [-0.15, -0.1) is 0 Å². The lowest BCUT2D eigenvalue weighted by molar-refractivity contribution is -0.118. The smallest absolute Gasteiger partial charge is 0.248 e. The number of nitrogens with zero attached hydrogens (tertiary/aromatic N) is 2. The molecular weight excluding hydrogens is 439 g/mol. The molecule has 28 heavy (non-hydrogen) atoms. The van der Waals surface area contributed by atoms with Crippen molar-refractivity contribution in [2.75, 3.05) is 5.75 Å². The predicted octanol–water partition coefficient (Wildman–Crippen LogP) is 4.37. The van der Waals surface area contributed by atoms with Crippen LogP contribution in [0.4, 0.5) is 0 Å². The Kier molecular flexibility index (Phi) is 6.60. The van der Waals surface area contributed by atoms with Gasteiger partial charge in [0, 0.05) is 13.5 Å². The number of hydrogen-bond acceptors (Lipinski definition) is 4. The summed E-state index contributed by atoms with van der Waals surface area (Å²) in [4.78, 5) is 16.8. The van der Waals surface area contributed by atoms with E-state index < -0.39 is 9.84 Å². The quantitative estimate of drug-likeness (QED) is 0.552. The molecule has 2 aromatic carbocycles. The largest absolute Gasteiger partial charge is 0.318 e. The molecular formula is C19H18Cl2N2O3S2. The van der Waals surface area contributed by atoms with Gasteiger partial charge in [0.1, 0.15) is 0 Å². The maximum absolute atomic E-state index is 12.2. The summed E-state index contributed by atoms with van der Waals surface area (Å²) in [5.74, 6) is -0.438. The van der Waals surface area contributed by atoms with E-state index in [1.165, 1.54) is 11.3 Å². The van der Waals surface area contributed by atoms with Gasteiger partial charge in [0.2, 0.25) is 5.91 Å². The van der Waals surface area contributed by atoms with Crippen LogP contribution in [0.1, 0.15) is 18.4 Å². The number of aryl methyl sites for hydroxylation is 1. The van der Waals surface area contributed by atoms with E-state index in [1.807, 2.05) is 12.1 Å². The van der Waals surface area contributed by atoms with Crippen molar-refractivity contribution < 1.29 is 13.2 Å². The maximum atomic E-state index is 12.2. The summed E-state index contributed by atoms with van der Waals surface area (Å²) in [5.41, 5.74) is 1.46. The van der Waals surface area contributed by atoms with Crippen LogP contribution >= 0.6 is 34.5 Å². The van der Waals surface area contributed by atoms with Gasteiger partial charge in [-0.2, -0.15) is 4.99 Å². The summed E-state index contributed by atoms with van der Waals surface area (Å²) in [6.45, 7) is 0. The predicted molar refractivity (Wildman–Crippen MR) is 115 cm³/mol. The third kappa shape index (κ3) is 5.03. The lowest BCUT2D eigenvalue weighted by Gasteiger charge is -2.03. The number of hydrogen-bond donors (Lipinski definition) is 0. The van der Waals surface area contributed by atoms with Crippen molar-refractivity contribution >= 4 is 60.5 Å². The Hall–Kier alpha value is -1.67. The molecule has 0 unspecified atom stereocenters.